The van der Waals surface area contributed by atoms with Gasteiger partial charge in [-0.05, 0) is 58.4 Å². The number of nitrogens with one attached hydrogen (secondary N) is 3. The van der Waals surface area contributed by atoms with Crippen LogP contribution in [0.1, 0.15) is 42.4 Å². The maximum absolute atomic E-state index is 12.2. The quantitative estimate of drug-likeness (QED) is 0.757. The molecule has 0 radical (unpaired) electrons. The van der Waals surface area contributed by atoms with E-state index in [1.165, 1.54) is 5.56 Å². The van der Waals surface area contributed by atoms with Gasteiger partial charge in [-0.1, -0.05) is 0 Å². The molecule has 1 amide bonds. The van der Waals surface area contributed by atoms with Crippen LogP contribution in [-0.2, 0) is 0 Å². The molecular weight excluding hydrogens is 262 g/mol. The molecule has 0 aliphatic heterocycles. The maximum atomic E-state index is 12.2. The number of carbonyl (C=O) groups is 1. The summed E-state index contributed by atoms with van der Waals surface area (Å²) in [5.74, 6) is -0.0223. The van der Waals surface area contributed by atoms with Gasteiger partial charge in [0.15, 0.2) is 0 Å². The van der Waals surface area contributed by atoms with Crippen LogP contribution in [0.4, 0.5) is 0 Å². The zero-order valence-electron chi connectivity index (χ0n) is 13.6. The molecule has 0 spiro atoms. The lowest BCUT2D eigenvalue weighted by Gasteiger charge is -2.20. The fourth-order valence-corrected chi connectivity index (χ4v) is 2.32. The number of hydrogen-bond donors (Lipinski definition) is 3. The topological polar surface area (TPSA) is 56.9 Å². The molecule has 3 N–H and O–H groups in total. The van der Waals surface area contributed by atoms with Gasteiger partial charge < -0.3 is 15.6 Å². The summed E-state index contributed by atoms with van der Waals surface area (Å²) in [5.41, 5.74) is 4.21. The summed E-state index contributed by atoms with van der Waals surface area (Å²) in [6, 6.07) is 5.79. The lowest BCUT2D eigenvalue weighted by Crippen LogP contribution is -2.41. The SMILES string of the molecule is Cc1[nH]c2ccc(C(=O)NCCNC(C)(C)C)cc2c1C. The fraction of sp³-hybridized carbons (Fsp3) is 0.471. The normalized spacial score (nSPS) is 11.9. The van der Waals surface area contributed by atoms with E-state index in [9.17, 15) is 4.79 Å². The largest absolute Gasteiger partial charge is 0.358 e. The smallest absolute Gasteiger partial charge is 0.251 e. The molecule has 1 aromatic carbocycles. The molecule has 0 saturated carbocycles. The third-order valence-corrected chi connectivity index (χ3v) is 3.64. The summed E-state index contributed by atoms with van der Waals surface area (Å²) in [4.78, 5) is 15.5. The van der Waals surface area contributed by atoms with Crippen molar-refractivity contribution in [3.8, 4) is 0 Å². The summed E-state index contributed by atoms with van der Waals surface area (Å²) in [5, 5.41) is 7.42. The van der Waals surface area contributed by atoms with E-state index in [1.807, 2.05) is 25.1 Å². The van der Waals surface area contributed by atoms with E-state index < -0.39 is 0 Å². The van der Waals surface area contributed by atoms with E-state index >= 15 is 0 Å². The summed E-state index contributed by atoms with van der Waals surface area (Å²) in [6.07, 6.45) is 0. The number of rotatable bonds is 4. The third-order valence-electron chi connectivity index (χ3n) is 3.64. The van der Waals surface area contributed by atoms with Crippen molar-refractivity contribution < 1.29 is 4.79 Å². The third kappa shape index (κ3) is 3.85. The minimum absolute atomic E-state index is 0.0223. The van der Waals surface area contributed by atoms with Gasteiger partial charge in [0.25, 0.3) is 5.91 Å². The van der Waals surface area contributed by atoms with E-state index in [-0.39, 0.29) is 11.4 Å². The number of aromatic amines is 1. The molecule has 114 valence electrons. The van der Waals surface area contributed by atoms with Crippen LogP contribution in [0.2, 0.25) is 0 Å². The molecule has 2 rings (SSSR count). The molecular formula is C17H25N3O. The molecule has 0 bridgehead atoms. The number of aryl methyl sites for hydroxylation is 2. The van der Waals surface area contributed by atoms with Crippen molar-refractivity contribution in [2.45, 2.75) is 40.2 Å². The summed E-state index contributed by atoms with van der Waals surface area (Å²) < 4.78 is 0. The first-order valence-electron chi connectivity index (χ1n) is 7.40. The predicted octanol–water partition coefficient (Wildman–Crippen LogP) is 2.90. The van der Waals surface area contributed by atoms with E-state index in [4.69, 9.17) is 0 Å². The van der Waals surface area contributed by atoms with Crippen LogP contribution < -0.4 is 10.6 Å². The fourth-order valence-electron chi connectivity index (χ4n) is 2.32. The van der Waals surface area contributed by atoms with Gasteiger partial charge in [0.1, 0.15) is 0 Å². The molecule has 0 aliphatic rings. The number of aromatic nitrogens is 1. The highest BCUT2D eigenvalue weighted by molar-refractivity contribution is 5.99. The lowest BCUT2D eigenvalue weighted by molar-refractivity contribution is 0.0953. The zero-order valence-corrected chi connectivity index (χ0v) is 13.6. The monoisotopic (exact) mass is 287 g/mol. The molecule has 0 saturated heterocycles. The summed E-state index contributed by atoms with van der Waals surface area (Å²) >= 11 is 0. The number of H-pyrrole nitrogens is 1. The Bertz CT molecular complexity index is 650. The number of fused-ring (bicyclic) bond motifs is 1. The standard InChI is InChI=1S/C17H25N3O/c1-11-12(2)20-15-7-6-13(10-14(11)15)16(21)18-8-9-19-17(3,4)5/h6-7,10,19-20H,8-9H2,1-5H3,(H,18,21). The highest BCUT2D eigenvalue weighted by Crippen LogP contribution is 2.22. The van der Waals surface area contributed by atoms with Gasteiger partial charge in [-0.25, -0.2) is 0 Å². The minimum Gasteiger partial charge on any atom is -0.358 e. The van der Waals surface area contributed by atoms with Crippen LogP contribution in [-0.4, -0.2) is 29.5 Å². The van der Waals surface area contributed by atoms with Gasteiger partial charge in [0.2, 0.25) is 0 Å². The van der Waals surface area contributed by atoms with Crippen LogP contribution >= 0.6 is 0 Å². The molecule has 4 nitrogen and oxygen atoms in total. The van der Waals surface area contributed by atoms with Crippen LogP contribution in [0.3, 0.4) is 0 Å². The number of carbonyl (C=O) groups excluding carboxylic acids is 1. The summed E-state index contributed by atoms with van der Waals surface area (Å²) in [6.45, 7) is 11.8. The van der Waals surface area contributed by atoms with Gasteiger partial charge in [-0.3, -0.25) is 4.79 Å². The molecule has 21 heavy (non-hydrogen) atoms. The van der Waals surface area contributed by atoms with E-state index in [2.05, 4.69) is 43.3 Å². The first-order chi connectivity index (χ1) is 9.78. The van der Waals surface area contributed by atoms with Crippen molar-refractivity contribution in [1.82, 2.24) is 15.6 Å². The molecule has 0 unspecified atom stereocenters. The second-order valence-corrected chi connectivity index (χ2v) is 6.57. The van der Waals surface area contributed by atoms with Crippen LogP contribution in [0.5, 0.6) is 0 Å². The first-order valence-corrected chi connectivity index (χ1v) is 7.40. The second kappa shape index (κ2) is 5.90. The Kier molecular flexibility index (Phi) is 4.37. The number of hydrogen-bond acceptors (Lipinski definition) is 2. The van der Waals surface area contributed by atoms with Crippen LogP contribution in [0.15, 0.2) is 18.2 Å². The van der Waals surface area contributed by atoms with Gasteiger partial charge in [-0.2, -0.15) is 0 Å². The molecule has 0 aliphatic carbocycles. The first kappa shape index (κ1) is 15.6. The second-order valence-electron chi connectivity index (χ2n) is 6.57. The Labute approximate surface area is 126 Å². The van der Waals surface area contributed by atoms with E-state index in [0.29, 0.717) is 12.1 Å². The Morgan fingerprint density at radius 2 is 1.90 bits per heavy atom. The molecule has 0 atom stereocenters. The molecule has 0 fully saturated rings. The number of benzene rings is 1. The Hall–Kier alpha value is -1.81. The van der Waals surface area contributed by atoms with Gasteiger partial charge in [0, 0.05) is 40.8 Å². The molecule has 2 aromatic rings. The average Bonchev–Trinajstić information content (AvgIpc) is 2.69. The van der Waals surface area contributed by atoms with E-state index in [1.54, 1.807) is 0 Å². The van der Waals surface area contributed by atoms with Gasteiger partial charge in [0.05, 0.1) is 0 Å². The Morgan fingerprint density at radius 3 is 2.57 bits per heavy atom. The van der Waals surface area contributed by atoms with Crippen LogP contribution in [0, 0.1) is 13.8 Å². The predicted molar refractivity (Wildman–Crippen MR) is 87.9 cm³/mol. The Morgan fingerprint density at radius 1 is 1.19 bits per heavy atom. The lowest BCUT2D eigenvalue weighted by atomic mass is 10.1. The molecule has 4 heteroatoms. The van der Waals surface area contributed by atoms with Crippen molar-refractivity contribution in [1.29, 1.82) is 0 Å². The number of amides is 1. The van der Waals surface area contributed by atoms with Crippen molar-refractivity contribution >= 4 is 16.8 Å². The average molecular weight is 287 g/mol. The minimum atomic E-state index is -0.0223. The van der Waals surface area contributed by atoms with Crippen molar-refractivity contribution in [2.75, 3.05) is 13.1 Å². The van der Waals surface area contributed by atoms with Crippen molar-refractivity contribution in [2.24, 2.45) is 0 Å². The summed E-state index contributed by atoms with van der Waals surface area (Å²) in [7, 11) is 0. The van der Waals surface area contributed by atoms with Gasteiger partial charge >= 0.3 is 0 Å². The molecule has 1 heterocycles. The maximum Gasteiger partial charge on any atom is 0.251 e. The van der Waals surface area contributed by atoms with Gasteiger partial charge in [-0.15, -0.1) is 0 Å². The highest BCUT2D eigenvalue weighted by Gasteiger charge is 2.11. The zero-order chi connectivity index (χ0) is 15.6. The van der Waals surface area contributed by atoms with E-state index in [0.717, 1.165) is 23.1 Å². The van der Waals surface area contributed by atoms with Crippen molar-refractivity contribution in [3.63, 3.8) is 0 Å². The van der Waals surface area contributed by atoms with Crippen LogP contribution in [0.25, 0.3) is 10.9 Å². The highest BCUT2D eigenvalue weighted by atomic mass is 16.1. The Balaban J connectivity index is 2.01. The van der Waals surface area contributed by atoms with Crippen molar-refractivity contribution in [3.05, 3.63) is 35.0 Å². The molecule has 1 aromatic heterocycles.